The van der Waals surface area contributed by atoms with Gasteiger partial charge in [0.1, 0.15) is 22.3 Å². The van der Waals surface area contributed by atoms with Gasteiger partial charge < -0.3 is 20.0 Å². The zero-order valence-corrected chi connectivity index (χ0v) is 11.6. The smallest absolute Gasteiger partial charge is 0.408 e. The summed E-state index contributed by atoms with van der Waals surface area (Å²) < 4.78 is 5.01. The Hall–Kier alpha value is -2.07. The average Bonchev–Trinajstić information content (AvgIpc) is 2.70. The van der Waals surface area contributed by atoms with Crippen LogP contribution in [0.15, 0.2) is 5.38 Å². The van der Waals surface area contributed by atoms with Crippen molar-refractivity contribution >= 4 is 23.4 Å². The lowest BCUT2D eigenvalue weighted by Crippen LogP contribution is -2.32. The van der Waals surface area contributed by atoms with Crippen molar-refractivity contribution in [3.05, 3.63) is 16.1 Å². The number of hydrogen-bond acceptors (Lipinski definition) is 6. The summed E-state index contributed by atoms with van der Waals surface area (Å²) in [5.41, 5.74) is -0.231. The number of thiazole rings is 1. The number of hydrogen-bond donors (Lipinski definition) is 1. The van der Waals surface area contributed by atoms with Gasteiger partial charge in [0, 0.05) is 5.38 Å². The van der Waals surface area contributed by atoms with Gasteiger partial charge in [0.2, 0.25) is 0 Å². The van der Waals surface area contributed by atoms with Gasteiger partial charge in [-0.1, -0.05) is 5.92 Å². The predicted octanol–water partition coefficient (Wildman–Crippen LogP) is 0.383. The first kappa shape index (κ1) is 15.0. The first-order valence-corrected chi connectivity index (χ1v) is 6.28. The van der Waals surface area contributed by atoms with Crippen molar-refractivity contribution in [2.45, 2.75) is 26.4 Å². The van der Waals surface area contributed by atoms with Crippen LogP contribution in [0.1, 0.15) is 36.3 Å². The highest BCUT2D eigenvalue weighted by molar-refractivity contribution is 7.11. The Kier molecular flexibility index (Phi) is 4.89. The van der Waals surface area contributed by atoms with Crippen LogP contribution < -0.4 is 10.4 Å². The van der Waals surface area contributed by atoms with E-state index >= 15 is 0 Å². The fourth-order valence-corrected chi connectivity index (χ4v) is 1.57. The Labute approximate surface area is 114 Å². The molecule has 0 radical (unpaired) electrons. The Morgan fingerprint density at radius 3 is 2.74 bits per heavy atom. The maximum Gasteiger partial charge on any atom is 0.408 e. The molecule has 1 N–H and O–H groups in total. The summed E-state index contributed by atoms with van der Waals surface area (Å²) >= 11 is 0.942. The molecule has 0 spiro atoms. The zero-order valence-electron chi connectivity index (χ0n) is 10.8. The van der Waals surface area contributed by atoms with Gasteiger partial charge in [0.25, 0.3) is 0 Å². The predicted molar refractivity (Wildman–Crippen MR) is 67.6 cm³/mol. The molecule has 19 heavy (non-hydrogen) atoms. The molecule has 1 aromatic rings. The first-order chi connectivity index (χ1) is 8.78. The highest BCUT2D eigenvalue weighted by Crippen LogP contribution is 2.07. The lowest BCUT2D eigenvalue weighted by Gasteiger charge is -2.18. The topological polar surface area (TPSA) is 91.3 Å². The van der Waals surface area contributed by atoms with E-state index in [1.54, 1.807) is 20.8 Å². The van der Waals surface area contributed by atoms with E-state index < -0.39 is 17.7 Å². The highest BCUT2D eigenvalue weighted by Gasteiger charge is 2.14. The van der Waals surface area contributed by atoms with E-state index in [4.69, 9.17) is 4.74 Å². The fraction of sp³-hybridized carbons (Fsp3) is 0.417. The number of carbonyl (C=O) groups excluding carboxylic acids is 2. The molecule has 0 aliphatic rings. The molecule has 1 aromatic heterocycles. The van der Waals surface area contributed by atoms with E-state index in [2.05, 4.69) is 22.1 Å². The molecule has 0 saturated carbocycles. The number of alkyl carbamates (subject to hydrolysis) is 1. The molecule has 1 amide bonds. The summed E-state index contributed by atoms with van der Waals surface area (Å²) in [6.07, 6.45) is -0.560. The summed E-state index contributed by atoms with van der Waals surface area (Å²) in [6.45, 7) is 5.37. The molecule has 0 aliphatic carbocycles. The van der Waals surface area contributed by atoms with Crippen LogP contribution in [0.5, 0.6) is 0 Å². The molecule has 6 nitrogen and oxygen atoms in total. The Morgan fingerprint density at radius 1 is 1.53 bits per heavy atom. The number of rotatable bonds is 2. The summed E-state index contributed by atoms with van der Waals surface area (Å²) in [5, 5.41) is 14.3. The molecule has 0 aliphatic heterocycles. The number of aromatic carboxylic acids is 1. The van der Waals surface area contributed by atoms with Gasteiger partial charge in [-0.2, -0.15) is 0 Å². The number of amides is 1. The quantitative estimate of drug-likeness (QED) is 0.791. The second kappa shape index (κ2) is 6.20. The summed E-state index contributed by atoms with van der Waals surface area (Å²) in [5.74, 6) is 3.94. The fourth-order valence-electron chi connectivity index (χ4n) is 0.990. The van der Waals surface area contributed by atoms with E-state index in [0.717, 1.165) is 11.3 Å². The number of nitrogens with one attached hydrogen (secondary N) is 1. The third-order valence-electron chi connectivity index (χ3n) is 1.62. The van der Waals surface area contributed by atoms with E-state index in [9.17, 15) is 14.7 Å². The second-order valence-electron chi connectivity index (χ2n) is 4.48. The van der Waals surface area contributed by atoms with Gasteiger partial charge in [0.15, 0.2) is 0 Å². The van der Waals surface area contributed by atoms with Gasteiger partial charge in [-0.3, -0.25) is 0 Å². The lowest BCUT2D eigenvalue weighted by atomic mass is 10.2. The summed E-state index contributed by atoms with van der Waals surface area (Å²) in [4.78, 5) is 25.5. The summed E-state index contributed by atoms with van der Waals surface area (Å²) in [6, 6.07) is 0. The van der Waals surface area contributed by atoms with Crippen LogP contribution in [0, 0.1) is 11.8 Å². The Balaban J connectivity index is 2.43. The second-order valence-corrected chi connectivity index (χ2v) is 5.34. The van der Waals surface area contributed by atoms with Crippen molar-refractivity contribution in [3.63, 3.8) is 0 Å². The maximum atomic E-state index is 11.3. The van der Waals surface area contributed by atoms with Crippen molar-refractivity contribution in [3.8, 4) is 11.8 Å². The summed E-state index contributed by atoms with van der Waals surface area (Å²) in [7, 11) is 0. The third-order valence-corrected chi connectivity index (χ3v) is 2.44. The maximum absolute atomic E-state index is 11.3. The Morgan fingerprint density at radius 2 is 2.21 bits per heavy atom. The molecule has 1 rings (SSSR count). The van der Waals surface area contributed by atoms with Crippen LogP contribution in [0.2, 0.25) is 0 Å². The number of carbonyl (C=O) groups is 2. The molecule has 0 saturated heterocycles. The van der Waals surface area contributed by atoms with Crippen molar-refractivity contribution < 1.29 is 19.4 Å². The minimum absolute atomic E-state index is 0.0904. The monoisotopic (exact) mass is 281 g/mol. The molecular formula is C12H13N2O4S-. The van der Waals surface area contributed by atoms with Gasteiger partial charge in [0.05, 0.1) is 6.54 Å². The number of aromatic nitrogens is 1. The number of carboxylic acids is 1. The van der Waals surface area contributed by atoms with Crippen LogP contribution in [0.4, 0.5) is 4.79 Å². The van der Waals surface area contributed by atoms with Crippen molar-refractivity contribution in [1.82, 2.24) is 10.3 Å². The standard InChI is InChI=1S/C12H14N2O4S/c1-12(2,3)18-11(17)13-6-4-5-8-7-19-9(14-8)10(15)16/h7H,6H2,1-3H3,(H,13,17)(H,15,16)/p-1. The van der Waals surface area contributed by atoms with Gasteiger partial charge in [-0.25, -0.2) is 9.78 Å². The largest absolute Gasteiger partial charge is 0.542 e. The van der Waals surface area contributed by atoms with Crippen molar-refractivity contribution in [1.29, 1.82) is 0 Å². The molecule has 102 valence electrons. The van der Waals surface area contributed by atoms with E-state index in [1.807, 2.05) is 0 Å². The van der Waals surface area contributed by atoms with E-state index in [0.29, 0.717) is 5.69 Å². The molecule has 0 fully saturated rings. The van der Waals surface area contributed by atoms with Crippen LogP contribution in [0.3, 0.4) is 0 Å². The van der Waals surface area contributed by atoms with Crippen molar-refractivity contribution in [2.24, 2.45) is 0 Å². The SMILES string of the molecule is CC(C)(C)OC(=O)NCC#Cc1csc(C(=O)[O-])n1. The van der Waals surface area contributed by atoms with Gasteiger partial charge >= 0.3 is 6.09 Å². The molecule has 7 heteroatoms. The first-order valence-electron chi connectivity index (χ1n) is 5.40. The Bertz CT molecular complexity index is 534. The lowest BCUT2D eigenvalue weighted by molar-refractivity contribution is -0.255. The number of carboxylic acid groups (broad SMARTS) is 1. The minimum atomic E-state index is -1.33. The van der Waals surface area contributed by atoms with Crippen LogP contribution >= 0.6 is 11.3 Å². The molecule has 0 bridgehead atoms. The molecule has 0 aromatic carbocycles. The zero-order chi connectivity index (χ0) is 14.5. The van der Waals surface area contributed by atoms with Gasteiger partial charge in [-0.05, 0) is 26.7 Å². The number of ether oxygens (including phenoxy) is 1. The normalized spacial score (nSPS) is 10.3. The molecule has 0 atom stereocenters. The molecule has 0 unspecified atom stereocenters. The molecular weight excluding hydrogens is 268 g/mol. The minimum Gasteiger partial charge on any atom is -0.542 e. The van der Waals surface area contributed by atoms with Crippen LogP contribution in [0.25, 0.3) is 0 Å². The van der Waals surface area contributed by atoms with Crippen LogP contribution in [-0.2, 0) is 4.74 Å². The average molecular weight is 281 g/mol. The van der Waals surface area contributed by atoms with Gasteiger partial charge in [-0.15, -0.1) is 11.3 Å². The van der Waals surface area contributed by atoms with E-state index in [1.165, 1.54) is 5.38 Å². The third kappa shape index (κ3) is 5.88. The molecule has 1 heterocycles. The van der Waals surface area contributed by atoms with Crippen LogP contribution in [-0.4, -0.2) is 29.2 Å². The highest BCUT2D eigenvalue weighted by atomic mass is 32.1. The number of nitrogens with zero attached hydrogens (tertiary/aromatic N) is 1. The van der Waals surface area contributed by atoms with E-state index in [-0.39, 0.29) is 11.6 Å². The van der Waals surface area contributed by atoms with Crippen molar-refractivity contribution in [2.75, 3.05) is 6.54 Å².